The highest BCUT2D eigenvalue weighted by Crippen LogP contribution is 2.32. The van der Waals surface area contributed by atoms with Gasteiger partial charge in [0.2, 0.25) is 0 Å². The lowest BCUT2D eigenvalue weighted by atomic mass is 10.1. The molecule has 0 fully saturated rings. The van der Waals surface area contributed by atoms with Crippen LogP contribution in [0.15, 0.2) is 36.4 Å². The molecule has 2 aromatic carbocycles. The number of halogens is 1. The number of methoxy groups -OCH3 is 1. The number of carbonyl (C=O) groups is 2. The average Bonchev–Trinajstić information content (AvgIpc) is 2.56. The quantitative estimate of drug-likeness (QED) is 0.893. The molecule has 1 atom stereocenters. The van der Waals surface area contributed by atoms with Crippen LogP contribution in [0.25, 0.3) is 0 Å². The van der Waals surface area contributed by atoms with Crippen LogP contribution >= 0.6 is 11.6 Å². The van der Waals surface area contributed by atoms with Gasteiger partial charge in [0, 0.05) is 11.3 Å². The van der Waals surface area contributed by atoms with Crippen LogP contribution in [0, 0.1) is 0 Å². The van der Waals surface area contributed by atoms with Crippen molar-refractivity contribution in [1.82, 2.24) is 0 Å². The second-order valence-electron chi connectivity index (χ2n) is 5.26. The molecule has 2 N–H and O–H groups in total. The molecule has 0 saturated heterocycles. The number of amides is 2. The molecule has 24 heavy (non-hydrogen) atoms. The summed E-state index contributed by atoms with van der Waals surface area (Å²) in [5.74, 6) is 0.507. The van der Waals surface area contributed by atoms with Gasteiger partial charge in [0.05, 0.1) is 17.8 Å². The molecule has 7 heteroatoms. The van der Waals surface area contributed by atoms with E-state index in [9.17, 15) is 9.59 Å². The van der Waals surface area contributed by atoms with E-state index in [-0.39, 0.29) is 11.8 Å². The van der Waals surface area contributed by atoms with Crippen LogP contribution in [-0.4, -0.2) is 25.0 Å². The zero-order valence-electron chi connectivity index (χ0n) is 13.1. The zero-order chi connectivity index (χ0) is 17.3. The summed E-state index contributed by atoms with van der Waals surface area (Å²) in [6, 6.07) is 9.81. The summed E-state index contributed by atoms with van der Waals surface area (Å²) in [6.07, 6.45) is -0.542. The van der Waals surface area contributed by atoms with Crippen molar-refractivity contribution in [2.24, 2.45) is 0 Å². The fraction of sp³-hybridized carbons (Fsp3) is 0.176. The summed E-state index contributed by atoms with van der Waals surface area (Å²) in [5.41, 5.74) is 1.44. The summed E-state index contributed by atoms with van der Waals surface area (Å²) in [5, 5.41) is 5.84. The van der Waals surface area contributed by atoms with E-state index in [0.717, 1.165) is 0 Å². The minimum absolute atomic E-state index is 0.229. The Kier molecular flexibility index (Phi) is 4.31. The first kappa shape index (κ1) is 16.1. The van der Waals surface area contributed by atoms with Crippen molar-refractivity contribution in [2.75, 3.05) is 17.7 Å². The highest BCUT2D eigenvalue weighted by Gasteiger charge is 2.23. The molecule has 0 bridgehead atoms. The van der Waals surface area contributed by atoms with Gasteiger partial charge in [-0.3, -0.25) is 9.59 Å². The van der Waals surface area contributed by atoms with Gasteiger partial charge in [-0.1, -0.05) is 11.6 Å². The van der Waals surface area contributed by atoms with E-state index in [1.54, 1.807) is 37.3 Å². The van der Waals surface area contributed by atoms with Crippen LogP contribution in [0.3, 0.4) is 0 Å². The van der Waals surface area contributed by atoms with Gasteiger partial charge in [-0.15, -0.1) is 0 Å². The van der Waals surface area contributed by atoms with E-state index in [0.29, 0.717) is 33.5 Å². The van der Waals surface area contributed by atoms with Gasteiger partial charge in [0.25, 0.3) is 11.8 Å². The van der Waals surface area contributed by atoms with E-state index >= 15 is 0 Å². The number of carbonyl (C=O) groups excluding carboxylic acids is 2. The summed E-state index contributed by atoms with van der Waals surface area (Å²) in [6.45, 7) is 1.67. The summed E-state index contributed by atoms with van der Waals surface area (Å²) in [7, 11) is 1.51. The summed E-state index contributed by atoms with van der Waals surface area (Å²) >= 11 is 6.03. The first-order valence-corrected chi connectivity index (χ1v) is 7.62. The normalized spacial score (nSPS) is 15.8. The van der Waals surface area contributed by atoms with Crippen LogP contribution in [0.1, 0.15) is 17.3 Å². The predicted octanol–water partition coefficient (Wildman–Crippen LogP) is 3.32. The molecule has 124 valence electrons. The zero-order valence-corrected chi connectivity index (χ0v) is 13.8. The van der Waals surface area contributed by atoms with Crippen molar-refractivity contribution >= 4 is 34.8 Å². The Labute approximate surface area is 143 Å². The van der Waals surface area contributed by atoms with E-state index in [1.807, 2.05) is 0 Å². The van der Waals surface area contributed by atoms with Crippen molar-refractivity contribution in [3.63, 3.8) is 0 Å². The van der Waals surface area contributed by atoms with Gasteiger partial charge in [0.15, 0.2) is 6.10 Å². The SMILES string of the molecule is COc1ccc(C(=O)Nc2ccc3c(c2)NC(=O)[C@H](C)O3)cc1Cl. The monoisotopic (exact) mass is 346 g/mol. The maximum absolute atomic E-state index is 12.3. The van der Waals surface area contributed by atoms with Crippen molar-refractivity contribution < 1.29 is 19.1 Å². The molecular formula is C17H15ClN2O4. The van der Waals surface area contributed by atoms with E-state index in [1.165, 1.54) is 13.2 Å². The van der Waals surface area contributed by atoms with Crippen LogP contribution in [0.5, 0.6) is 11.5 Å². The molecule has 3 rings (SSSR count). The minimum atomic E-state index is -0.542. The van der Waals surface area contributed by atoms with Crippen molar-refractivity contribution in [3.05, 3.63) is 47.0 Å². The highest BCUT2D eigenvalue weighted by atomic mass is 35.5. The molecule has 0 spiro atoms. The molecule has 2 aromatic rings. The Morgan fingerprint density at radius 2 is 2.08 bits per heavy atom. The maximum atomic E-state index is 12.3. The largest absolute Gasteiger partial charge is 0.495 e. The third-order valence-corrected chi connectivity index (χ3v) is 3.88. The molecule has 1 aliphatic heterocycles. The van der Waals surface area contributed by atoms with E-state index in [2.05, 4.69) is 10.6 Å². The lowest BCUT2D eigenvalue weighted by Crippen LogP contribution is -2.34. The molecule has 0 aromatic heterocycles. The Balaban J connectivity index is 1.79. The van der Waals surface area contributed by atoms with Crippen LogP contribution < -0.4 is 20.1 Å². The van der Waals surface area contributed by atoms with Crippen LogP contribution in [-0.2, 0) is 4.79 Å². The highest BCUT2D eigenvalue weighted by molar-refractivity contribution is 6.32. The Bertz CT molecular complexity index is 822. The molecular weight excluding hydrogens is 332 g/mol. The second kappa shape index (κ2) is 6.41. The smallest absolute Gasteiger partial charge is 0.265 e. The number of ether oxygens (including phenoxy) is 2. The van der Waals surface area contributed by atoms with Gasteiger partial charge < -0.3 is 20.1 Å². The van der Waals surface area contributed by atoms with Crippen LogP contribution in [0.4, 0.5) is 11.4 Å². The molecule has 1 aliphatic rings. The van der Waals surface area contributed by atoms with Crippen molar-refractivity contribution in [1.29, 1.82) is 0 Å². The topological polar surface area (TPSA) is 76.7 Å². The number of fused-ring (bicyclic) bond motifs is 1. The second-order valence-corrected chi connectivity index (χ2v) is 5.67. The predicted molar refractivity (Wildman–Crippen MR) is 91.1 cm³/mol. The minimum Gasteiger partial charge on any atom is -0.495 e. The van der Waals surface area contributed by atoms with Gasteiger partial charge in [-0.2, -0.15) is 0 Å². The molecule has 2 amide bonds. The number of hydrogen-bond acceptors (Lipinski definition) is 4. The third kappa shape index (κ3) is 3.14. The first-order chi connectivity index (χ1) is 11.5. The van der Waals surface area contributed by atoms with Gasteiger partial charge in [0.1, 0.15) is 11.5 Å². The molecule has 0 saturated carbocycles. The van der Waals surface area contributed by atoms with Crippen molar-refractivity contribution in [3.8, 4) is 11.5 Å². The number of nitrogens with one attached hydrogen (secondary N) is 2. The third-order valence-electron chi connectivity index (χ3n) is 3.58. The molecule has 0 aliphatic carbocycles. The fourth-order valence-corrected chi connectivity index (χ4v) is 2.56. The Hall–Kier alpha value is -2.73. The molecule has 6 nitrogen and oxygen atoms in total. The van der Waals surface area contributed by atoms with E-state index < -0.39 is 6.10 Å². The number of hydrogen-bond donors (Lipinski definition) is 2. The maximum Gasteiger partial charge on any atom is 0.265 e. The molecule has 0 unspecified atom stereocenters. The molecule has 0 radical (unpaired) electrons. The summed E-state index contributed by atoms with van der Waals surface area (Å²) < 4.78 is 10.5. The van der Waals surface area contributed by atoms with Gasteiger partial charge in [-0.05, 0) is 43.3 Å². The fourth-order valence-electron chi connectivity index (χ4n) is 2.30. The van der Waals surface area contributed by atoms with Crippen LogP contribution in [0.2, 0.25) is 5.02 Å². The van der Waals surface area contributed by atoms with E-state index in [4.69, 9.17) is 21.1 Å². The Morgan fingerprint density at radius 1 is 1.29 bits per heavy atom. The first-order valence-electron chi connectivity index (χ1n) is 7.24. The average molecular weight is 347 g/mol. The number of rotatable bonds is 3. The lowest BCUT2D eigenvalue weighted by molar-refractivity contribution is -0.122. The van der Waals surface area contributed by atoms with Crippen molar-refractivity contribution in [2.45, 2.75) is 13.0 Å². The number of benzene rings is 2. The lowest BCUT2D eigenvalue weighted by Gasteiger charge is -2.23. The number of anilines is 2. The van der Waals surface area contributed by atoms with Gasteiger partial charge >= 0.3 is 0 Å². The summed E-state index contributed by atoms with van der Waals surface area (Å²) in [4.78, 5) is 24.0. The van der Waals surface area contributed by atoms with Gasteiger partial charge in [-0.25, -0.2) is 0 Å². The molecule has 1 heterocycles. The standard InChI is InChI=1S/C17H15ClN2O4/c1-9-16(21)20-13-8-11(4-6-15(13)24-9)19-17(22)10-3-5-14(23-2)12(18)7-10/h3-9H,1-2H3,(H,19,22)(H,20,21)/t9-/m0/s1. The Morgan fingerprint density at radius 3 is 2.79 bits per heavy atom.